The number of methoxy groups -OCH3 is 1. The van der Waals surface area contributed by atoms with Gasteiger partial charge in [0, 0.05) is 18.8 Å². The van der Waals surface area contributed by atoms with E-state index in [9.17, 15) is 13.2 Å². The fourth-order valence-electron chi connectivity index (χ4n) is 2.85. The Morgan fingerprint density at radius 1 is 1.07 bits per heavy atom. The van der Waals surface area contributed by atoms with Gasteiger partial charge in [-0.3, -0.25) is 4.79 Å². The highest BCUT2D eigenvalue weighted by atomic mass is 32.2. The van der Waals surface area contributed by atoms with E-state index in [-0.39, 0.29) is 10.8 Å². The van der Waals surface area contributed by atoms with Crippen molar-refractivity contribution < 1.29 is 27.4 Å². The SMILES string of the molecule is COc1ccccc1O[C@@H](C)C(=O)Nc1ccc(S(=O)(=O)N2CCOCC2)cc1. The van der Waals surface area contributed by atoms with Crippen molar-refractivity contribution in [2.24, 2.45) is 0 Å². The largest absolute Gasteiger partial charge is 0.493 e. The second-order valence-electron chi connectivity index (χ2n) is 6.44. The van der Waals surface area contributed by atoms with Crippen molar-refractivity contribution in [1.29, 1.82) is 0 Å². The zero-order valence-corrected chi connectivity index (χ0v) is 17.1. The molecule has 1 saturated heterocycles. The first-order valence-electron chi connectivity index (χ1n) is 9.20. The Morgan fingerprint density at radius 2 is 1.69 bits per heavy atom. The van der Waals surface area contributed by atoms with E-state index in [1.54, 1.807) is 37.3 Å². The lowest BCUT2D eigenvalue weighted by Gasteiger charge is -2.26. The van der Waals surface area contributed by atoms with Crippen LogP contribution in [0.25, 0.3) is 0 Å². The second kappa shape index (κ2) is 9.25. The Labute approximate surface area is 170 Å². The minimum absolute atomic E-state index is 0.177. The molecule has 29 heavy (non-hydrogen) atoms. The van der Waals surface area contributed by atoms with E-state index in [1.807, 2.05) is 6.07 Å². The number of anilines is 1. The zero-order valence-electron chi connectivity index (χ0n) is 16.3. The fourth-order valence-corrected chi connectivity index (χ4v) is 4.26. The first-order valence-corrected chi connectivity index (χ1v) is 10.6. The monoisotopic (exact) mass is 420 g/mol. The van der Waals surface area contributed by atoms with Gasteiger partial charge in [-0.2, -0.15) is 4.31 Å². The van der Waals surface area contributed by atoms with Gasteiger partial charge in [-0.05, 0) is 43.3 Å². The fraction of sp³-hybridized carbons (Fsp3) is 0.350. The maximum absolute atomic E-state index is 12.6. The standard InChI is InChI=1S/C20H24N2O6S/c1-15(28-19-6-4-3-5-18(19)26-2)20(23)21-16-7-9-17(10-8-16)29(24,25)22-11-13-27-14-12-22/h3-10,15H,11-14H2,1-2H3,(H,21,23)/t15-/m0/s1. The highest BCUT2D eigenvalue weighted by Gasteiger charge is 2.26. The molecule has 0 spiro atoms. The Balaban J connectivity index is 1.63. The van der Waals surface area contributed by atoms with Gasteiger partial charge in [0.05, 0.1) is 25.2 Å². The average Bonchev–Trinajstić information content (AvgIpc) is 2.75. The molecule has 1 atom stereocenters. The van der Waals surface area contributed by atoms with E-state index in [0.29, 0.717) is 43.5 Å². The number of hydrogen-bond donors (Lipinski definition) is 1. The van der Waals surface area contributed by atoms with Crippen LogP contribution < -0.4 is 14.8 Å². The summed E-state index contributed by atoms with van der Waals surface area (Å²) in [5.41, 5.74) is 0.478. The number of carbonyl (C=O) groups excluding carboxylic acids is 1. The molecule has 0 bridgehead atoms. The van der Waals surface area contributed by atoms with Crippen LogP contribution in [-0.4, -0.2) is 58.1 Å². The van der Waals surface area contributed by atoms with Gasteiger partial charge in [-0.25, -0.2) is 8.42 Å². The van der Waals surface area contributed by atoms with Crippen molar-refractivity contribution in [2.75, 3.05) is 38.7 Å². The predicted molar refractivity (Wildman–Crippen MR) is 108 cm³/mol. The number of benzene rings is 2. The zero-order chi connectivity index (χ0) is 20.9. The smallest absolute Gasteiger partial charge is 0.265 e. The van der Waals surface area contributed by atoms with Crippen molar-refractivity contribution >= 4 is 21.6 Å². The lowest BCUT2D eigenvalue weighted by molar-refractivity contribution is -0.122. The average molecular weight is 420 g/mol. The number of nitrogens with one attached hydrogen (secondary N) is 1. The number of morpholine rings is 1. The number of nitrogens with zero attached hydrogens (tertiary/aromatic N) is 1. The van der Waals surface area contributed by atoms with Crippen LogP contribution in [0.5, 0.6) is 11.5 Å². The summed E-state index contributed by atoms with van der Waals surface area (Å²) in [4.78, 5) is 12.6. The number of para-hydroxylation sites is 2. The Hall–Kier alpha value is -2.62. The van der Waals surface area contributed by atoms with Crippen LogP contribution in [0.15, 0.2) is 53.4 Å². The van der Waals surface area contributed by atoms with Gasteiger partial charge >= 0.3 is 0 Å². The highest BCUT2D eigenvalue weighted by molar-refractivity contribution is 7.89. The van der Waals surface area contributed by atoms with Crippen LogP contribution in [0.2, 0.25) is 0 Å². The molecule has 1 aliphatic rings. The molecule has 1 heterocycles. The van der Waals surface area contributed by atoms with Crippen LogP contribution in [0.4, 0.5) is 5.69 Å². The molecule has 0 unspecified atom stereocenters. The van der Waals surface area contributed by atoms with Gasteiger partial charge in [0.1, 0.15) is 0 Å². The topological polar surface area (TPSA) is 94.2 Å². The van der Waals surface area contributed by atoms with E-state index >= 15 is 0 Å². The normalized spacial score (nSPS) is 16.1. The first-order chi connectivity index (χ1) is 13.9. The third-order valence-electron chi connectivity index (χ3n) is 4.47. The Bertz CT molecular complexity index is 940. The Kier molecular flexibility index (Phi) is 6.73. The molecule has 0 aliphatic carbocycles. The van der Waals surface area contributed by atoms with Gasteiger partial charge in [0.15, 0.2) is 17.6 Å². The highest BCUT2D eigenvalue weighted by Crippen LogP contribution is 2.27. The first kappa shape index (κ1) is 21.1. The molecule has 1 N–H and O–H groups in total. The molecular formula is C20H24N2O6S. The quantitative estimate of drug-likeness (QED) is 0.737. The predicted octanol–water partition coefficient (Wildman–Crippen LogP) is 2.12. The van der Waals surface area contributed by atoms with Crippen molar-refractivity contribution in [3.63, 3.8) is 0 Å². The van der Waals surface area contributed by atoms with E-state index in [4.69, 9.17) is 14.2 Å². The minimum atomic E-state index is -3.57. The van der Waals surface area contributed by atoms with Crippen molar-refractivity contribution in [3.8, 4) is 11.5 Å². The van der Waals surface area contributed by atoms with Gasteiger partial charge in [-0.15, -0.1) is 0 Å². The number of hydrogen-bond acceptors (Lipinski definition) is 6. The summed E-state index contributed by atoms with van der Waals surface area (Å²) in [6.45, 7) is 3.06. The maximum atomic E-state index is 12.6. The molecule has 1 amide bonds. The van der Waals surface area contributed by atoms with E-state index in [1.165, 1.54) is 23.5 Å². The van der Waals surface area contributed by atoms with Gasteiger partial charge in [0.25, 0.3) is 5.91 Å². The summed E-state index contributed by atoms with van der Waals surface area (Å²) in [7, 11) is -2.04. The molecule has 1 aliphatic heterocycles. The molecule has 2 aromatic rings. The van der Waals surface area contributed by atoms with E-state index < -0.39 is 16.1 Å². The molecule has 2 aromatic carbocycles. The van der Waals surface area contributed by atoms with Crippen molar-refractivity contribution in [2.45, 2.75) is 17.9 Å². The minimum Gasteiger partial charge on any atom is -0.493 e. The lowest BCUT2D eigenvalue weighted by atomic mass is 10.3. The third kappa shape index (κ3) is 5.06. The molecule has 8 nitrogen and oxygen atoms in total. The lowest BCUT2D eigenvalue weighted by Crippen LogP contribution is -2.40. The number of rotatable bonds is 7. The summed E-state index contributed by atoms with van der Waals surface area (Å²) in [5.74, 6) is 0.633. The number of ether oxygens (including phenoxy) is 3. The molecule has 0 saturated carbocycles. The molecule has 156 valence electrons. The molecular weight excluding hydrogens is 396 g/mol. The molecule has 9 heteroatoms. The summed E-state index contributed by atoms with van der Waals surface area (Å²) in [5, 5.41) is 2.72. The summed E-state index contributed by atoms with van der Waals surface area (Å²) in [6.07, 6.45) is -0.775. The van der Waals surface area contributed by atoms with Crippen LogP contribution in [0, 0.1) is 0 Å². The summed E-state index contributed by atoms with van der Waals surface area (Å²) >= 11 is 0. The van der Waals surface area contributed by atoms with Gasteiger partial charge in [-0.1, -0.05) is 12.1 Å². The van der Waals surface area contributed by atoms with Crippen molar-refractivity contribution in [3.05, 3.63) is 48.5 Å². The van der Waals surface area contributed by atoms with Crippen molar-refractivity contribution in [1.82, 2.24) is 4.31 Å². The number of carbonyl (C=O) groups is 1. The number of sulfonamides is 1. The molecule has 3 rings (SSSR count). The molecule has 0 aromatic heterocycles. The van der Waals surface area contributed by atoms with Crippen LogP contribution in [0.1, 0.15) is 6.92 Å². The second-order valence-corrected chi connectivity index (χ2v) is 8.38. The molecule has 0 radical (unpaired) electrons. The molecule has 1 fully saturated rings. The van der Waals surface area contributed by atoms with Gasteiger partial charge < -0.3 is 19.5 Å². The van der Waals surface area contributed by atoms with Gasteiger partial charge in [0.2, 0.25) is 10.0 Å². The Morgan fingerprint density at radius 3 is 2.31 bits per heavy atom. The summed E-state index contributed by atoms with van der Waals surface area (Å²) < 4.78 is 42.8. The summed E-state index contributed by atoms with van der Waals surface area (Å²) in [6, 6.07) is 13.1. The van der Waals surface area contributed by atoms with Crippen LogP contribution in [0.3, 0.4) is 0 Å². The van der Waals surface area contributed by atoms with E-state index in [2.05, 4.69) is 5.32 Å². The third-order valence-corrected chi connectivity index (χ3v) is 6.38. The van der Waals surface area contributed by atoms with Crippen LogP contribution in [-0.2, 0) is 19.6 Å². The van der Waals surface area contributed by atoms with E-state index in [0.717, 1.165) is 0 Å². The number of amides is 1. The van der Waals surface area contributed by atoms with Crippen LogP contribution >= 0.6 is 0 Å². The maximum Gasteiger partial charge on any atom is 0.265 e.